The smallest absolute Gasteiger partial charge is 0.260 e. The van der Waals surface area contributed by atoms with Gasteiger partial charge in [-0.3, -0.25) is 9.59 Å². The molecule has 0 N–H and O–H groups in total. The summed E-state index contributed by atoms with van der Waals surface area (Å²) in [6, 6.07) is 7.93. The van der Waals surface area contributed by atoms with Crippen LogP contribution in [0.4, 0.5) is 0 Å². The monoisotopic (exact) mass is 332 g/mol. The molecule has 1 heterocycles. The van der Waals surface area contributed by atoms with Crippen molar-refractivity contribution >= 4 is 11.8 Å². The fourth-order valence-electron chi connectivity index (χ4n) is 2.92. The molecule has 0 spiro atoms. The Morgan fingerprint density at radius 1 is 0.958 bits per heavy atom. The van der Waals surface area contributed by atoms with Gasteiger partial charge in [-0.05, 0) is 30.5 Å². The van der Waals surface area contributed by atoms with Gasteiger partial charge < -0.3 is 14.5 Å². The number of amides is 2. The molecule has 0 bridgehead atoms. The predicted molar refractivity (Wildman–Crippen MR) is 94.0 cm³/mol. The van der Waals surface area contributed by atoms with E-state index < -0.39 is 0 Å². The fourth-order valence-corrected chi connectivity index (χ4v) is 2.92. The SMILES string of the molecule is CCCc1ccc(OCC(=O)N2CCCN(C(=O)CC)CC2)cc1. The number of aryl methyl sites for hydroxylation is 1. The maximum Gasteiger partial charge on any atom is 0.260 e. The van der Waals surface area contributed by atoms with E-state index in [1.54, 1.807) is 4.90 Å². The Labute approximate surface area is 144 Å². The minimum atomic E-state index is -0.0153. The first-order chi connectivity index (χ1) is 11.6. The van der Waals surface area contributed by atoms with E-state index in [9.17, 15) is 9.59 Å². The number of ether oxygens (including phenoxy) is 1. The third kappa shape index (κ3) is 5.25. The van der Waals surface area contributed by atoms with Crippen LogP contribution >= 0.6 is 0 Å². The summed E-state index contributed by atoms with van der Waals surface area (Å²) in [5, 5.41) is 0. The van der Waals surface area contributed by atoms with Crippen molar-refractivity contribution in [2.75, 3.05) is 32.8 Å². The first kappa shape index (κ1) is 18.3. The average Bonchev–Trinajstić information content (AvgIpc) is 2.86. The first-order valence-electron chi connectivity index (χ1n) is 8.91. The van der Waals surface area contributed by atoms with Crippen LogP contribution < -0.4 is 4.74 Å². The zero-order chi connectivity index (χ0) is 17.4. The number of rotatable bonds is 6. The molecule has 132 valence electrons. The van der Waals surface area contributed by atoms with Crippen LogP contribution in [0.3, 0.4) is 0 Å². The van der Waals surface area contributed by atoms with Crippen molar-refractivity contribution in [2.45, 2.75) is 39.5 Å². The molecule has 5 heteroatoms. The van der Waals surface area contributed by atoms with E-state index in [1.165, 1.54) is 5.56 Å². The predicted octanol–water partition coefficient (Wildman–Crippen LogP) is 2.49. The Morgan fingerprint density at radius 3 is 2.17 bits per heavy atom. The van der Waals surface area contributed by atoms with Crippen molar-refractivity contribution in [2.24, 2.45) is 0 Å². The number of carbonyl (C=O) groups is 2. The second-order valence-electron chi connectivity index (χ2n) is 6.15. The lowest BCUT2D eigenvalue weighted by Crippen LogP contribution is -2.39. The summed E-state index contributed by atoms with van der Waals surface area (Å²) in [6.45, 7) is 6.69. The molecule has 2 amide bonds. The van der Waals surface area contributed by atoms with Crippen LogP contribution in [-0.4, -0.2) is 54.4 Å². The van der Waals surface area contributed by atoms with Gasteiger partial charge in [-0.25, -0.2) is 0 Å². The largest absolute Gasteiger partial charge is 0.484 e. The van der Waals surface area contributed by atoms with Crippen molar-refractivity contribution in [3.63, 3.8) is 0 Å². The van der Waals surface area contributed by atoms with E-state index in [4.69, 9.17) is 4.74 Å². The molecule has 1 saturated heterocycles. The summed E-state index contributed by atoms with van der Waals surface area (Å²) >= 11 is 0. The summed E-state index contributed by atoms with van der Waals surface area (Å²) in [5.74, 6) is 0.868. The summed E-state index contributed by atoms with van der Waals surface area (Å²) in [4.78, 5) is 27.8. The minimum absolute atomic E-state index is 0.0153. The first-order valence-corrected chi connectivity index (χ1v) is 8.91. The quantitative estimate of drug-likeness (QED) is 0.804. The Hall–Kier alpha value is -2.04. The maximum absolute atomic E-state index is 12.3. The van der Waals surface area contributed by atoms with Crippen LogP contribution in [0.25, 0.3) is 0 Å². The Morgan fingerprint density at radius 2 is 1.58 bits per heavy atom. The van der Waals surface area contributed by atoms with Gasteiger partial charge in [0.05, 0.1) is 0 Å². The minimum Gasteiger partial charge on any atom is -0.484 e. The van der Waals surface area contributed by atoms with E-state index in [-0.39, 0.29) is 18.4 Å². The highest BCUT2D eigenvalue weighted by molar-refractivity contribution is 5.78. The summed E-state index contributed by atoms with van der Waals surface area (Å²) in [6.07, 6.45) is 3.51. The number of benzene rings is 1. The van der Waals surface area contributed by atoms with Crippen LogP contribution in [-0.2, 0) is 16.0 Å². The van der Waals surface area contributed by atoms with Crippen LogP contribution in [0.5, 0.6) is 5.75 Å². The summed E-state index contributed by atoms with van der Waals surface area (Å²) in [5.41, 5.74) is 1.28. The van der Waals surface area contributed by atoms with Crippen LogP contribution in [0.15, 0.2) is 24.3 Å². The second kappa shape index (κ2) is 9.30. The van der Waals surface area contributed by atoms with Crippen LogP contribution in [0, 0.1) is 0 Å². The van der Waals surface area contributed by atoms with E-state index >= 15 is 0 Å². The van der Waals surface area contributed by atoms with E-state index in [0.29, 0.717) is 26.1 Å². The van der Waals surface area contributed by atoms with Crippen LogP contribution in [0.1, 0.15) is 38.7 Å². The topological polar surface area (TPSA) is 49.9 Å². The zero-order valence-corrected chi connectivity index (χ0v) is 14.8. The molecule has 1 fully saturated rings. The Bertz CT molecular complexity index is 542. The summed E-state index contributed by atoms with van der Waals surface area (Å²) < 4.78 is 5.62. The van der Waals surface area contributed by atoms with Gasteiger partial charge in [0.2, 0.25) is 5.91 Å². The number of nitrogens with zero attached hydrogens (tertiary/aromatic N) is 2. The van der Waals surface area contributed by atoms with Gasteiger partial charge in [0, 0.05) is 32.6 Å². The molecule has 1 aliphatic rings. The highest BCUT2D eigenvalue weighted by Crippen LogP contribution is 2.14. The normalized spacial score (nSPS) is 15.1. The van der Waals surface area contributed by atoms with Crippen LogP contribution in [0.2, 0.25) is 0 Å². The highest BCUT2D eigenvalue weighted by atomic mass is 16.5. The fraction of sp³-hybridized carbons (Fsp3) is 0.579. The molecule has 0 aliphatic carbocycles. The molecule has 1 aliphatic heterocycles. The van der Waals surface area contributed by atoms with Gasteiger partial charge in [0.15, 0.2) is 6.61 Å². The van der Waals surface area contributed by atoms with E-state index in [0.717, 1.165) is 31.6 Å². The lowest BCUT2D eigenvalue weighted by atomic mass is 10.1. The number of hydrogen-bond donors (Lipinski definition) is 0. The Balaban J connectivity index is 1.80. The van der Waals surface area contributed by atoms with Crippen molar-refractivity contribution in [1.82, 2.24) is 9.80 Å². The molecule has 2 rings (SSSR count). The lowest BCUT2D eigenvalue weighted by molar-refractivity contribution is -0.134. The number of carbonyl (C=O) groups excluding carboxylic acids is 2. The van der Waals surface area contributed by atoms with Gasteiger partial charge in [-0.1, -0.05) is 32.4 Å². The van der Waals surface area contributed by atoms with Crippen molar-refractivity contribution < 1.29 is 14.3 Å². The van der Waals surface area contributed by atoms with Gasteiger partial charge >= 0.3 is 0 Å². The van der Waals surface area contributed by atoms with Crippen molar-refractivity contribution in [1.29, 1.82) is 0 Å². The van der Waals surface area contributed by atoms with E-state index in [1.807, 2.05) is 36.1 Å². The Kier molecular flexibility index (Phi) is 7.09. The maximum atomic E-state index is 12.3. The van der Waals surface area contributed by atoms with Gasteiger partial charge in [-0.15, -0.1) is 0 Å². The summed E-state index contributed by atoms with van der Waals surface area (Å²) in [7, 11) is 0. The third-order valence-corrected chi connectivity index (χ3v) is 4.33. The zero-order valence-electron chi connectivity index (χ0n) is 14.8. The molecule has 5 nitrogen and oxygen atoms in total. The molecular formula is C19H28N2O3. The van der Waals surface area contributed by atoms with E-state index in [2.05, 4.69) is 6.92 Å². The molecule has 0 aromatic heterocycles. The molecule has 1 aromatic rings. The van der Waals surface area contributed by atoms with Gasteiger partial charge in [-0.2, -0.15) is 0 Å². The molecule has 1 aromatic carbocycles. The van der Waals surface area contributed by atoms with Gasteiger partial charge in [0.1, 0.15) is 5.75 Å². The molecule has 24 heavy (non-hydrogen) atoms. The van der Waals surface area contributed by atoms with Crippen molar-refractivity contribution in [3.05, 3.63) is 29.8 Å². The lowest BCUT2D eigenvalue weighted by Gasteiger charge is -2.22. The molecule has 0 saturated carbocycles. The second-order valence-corrected chi connectivity index (χ2v) is 6.15. The van der Waals surface area contributed by atoms with Gasteiger partial charge in [0.25, 0.3) is 5.91 Å². The van der Waals surface area contributed by atoms with Crippen molar-refractivity contribution in [3.8, 4) is 5.75 Å². The molecule has 0 radical (unpaired) electrons. The highest BCUT2D eigenvalue weighted by Gasteiger charge is 2.21. The molecular weight excluding hydrogens is 304 g/mol. The average molecular weight is 332 g/mol. The molecule has 0 unspecified atom stereocenters. The molecule has 0 atom stereocenters. The third-order valence-electron chi connectivity index (χ3n) is 4.33. The number of hydrogen-bond acceptors (Lipinski definition) is 3. The standard InChI is InChI=1S/C19H28N2O3/c1-3-6-16-7-9-17(10-8-16)24-15-19(23)21-12-5-11-20(13-14-21)18(22)4-2/h7-10H,3-6,11-15H2,1-2H3.